The van der Waals surface area contributed by atoms with Gasteiger partial charge in [0.15, 0.2) is 0 Å². The maximum atomic E-state index is 15.1. The Labute approximate surface area is 221 Å². The lowest BCUT2D eigenvalue weighted by Crippen LogP contribution is -2.46. The summed E-state index contributed by atoms with van der Waals surface area (Å²) >= 11 is 0. The van der Waals surface area contributed by atoms with Gasteiger partial charge in [-0.3, -0.25) is 9.88 Å². The van der Waals surface area contributed by atoms with Gasteiger partial charge in [-0.2, -0.15) is 0 Å². The van der Waals surface area contributed by atoms with E-state index in [1.165, 1.54) is 18.2 Å². The number of aliphatic hydroxyl groups excluding tert-OH is 1. The molecule has 0 aliphatic carbocycles. The van der Waals surface area contributed by atoms with Crippen molar-refractivity contribution in [2.24, 2.45) is 11.7 Å². The van der Waals surface area contributed by atoms with Gasteiger partial charge >= 0.3 is 0 Å². The molecule has 2 aliphatic rings. The quantitative estimate of drug-likeness (QED) is 0.484. The van der Waals surface area contributed by atoms with Crippen LogP contribution in [0.15, 0.2) is 42.7 Å². The zero-order chi connectivity index (χ0) is 26.8. The van der Waals surface area contributed by atoms with Crippen molar-refractivity contribution in [3.8, 4) is 11.3 Å². The molecule has 0 amide bonds. The van der Waals surface area contributed by atoms with Crippen molar-refractivity contribution in [2.75, 3.05) is 31.1 Å². The molecule has 0 radical (unpaired) electrons. The van der Waals surface area contributed by atoms with Crippen LogP contribution in [-0.2, 0) is 19.4 Å². The summed E-state index contributed by atoms with van der Waals surface area (Å²) in [6.45, 7) is 5.32. The van der Waals surface area contributed by atoms with Gasteiger partial charge in [0.2, 0.25) is 0 Å². The minimum absolute atomic E-state index is 0.110. The topological polar surface area (TPSA) is 78.5 Å². The molecule has 6 nitrogen and oxygen atoms in total. The summed E-state index contributed by atoms with van der Waals surface area (Å²) in [6.07, 6.45) is 5.84. The van der Waals surface area contributed by atoms with Gasteiger partial charge in [-0.25, -0.2) is 18.2 Å². The van der Waals surface area contributed by atoms with E-state index in [1.807, 2.05) is 17.2 Å². The van der Waals surface area contributed by atoms with Gasteiger partial charge in [-0.05, 0) is 73.1 Å². The Kier molecular flexibility index (Phi) is 7.97. The van der Waals surface area contributed by atoms with Crippen LogP contribution >= 0.6 is 0 Å². The van der Waals surface area contributed by atoms with Crippen LogP contribution in [0.2, 0.25) is 0 Å². The number of aromatic nitrogens is 2. The minimum atomic E-state index is -0.853. The summed E-state index contributed by atoms with van der Waals surface area (Å²) in [5, 5.41) is 9.70. The first kappa shape index (κ1) is 26.6. The van der Waals surface area contributed by atoms with Crippen molar-refractivity contribution < 1.29 is 18.3 Å². The second kappa shape index (κ2) is 11.4. The van der Waals surface area contributed by atoms with E-state index in [9.17, 15) is 9.50 Å². The first-order valence-electron chi connectivity index (χ1n) is 13.2. The van der Waals surface area contributed by atoms with E-state index in [2.05, 4.69) is 21.8 Å². The minimum Gasteiger partial charge on any atom is -0.392 e. The lowest BCUT2D eigenvalue weighted by Gasteiger charge is -2.37. The summed E-state index contributed by atoms with van der Waals surface area (Å²) in [4.78, 5) is 12.8. The van der Waals surface area contributed by atoms with Crippen LogP contribution in [0.4, 0.5) is 18.9 Å². The van der Waals surface area contributed by atoms with Gasteiger partial charge in [0.1, 0.15) is 23.1 Å². The van der Waals surface area contributed by atoms with Crippen LogP contribution in [0.3, 0.4) is 0 Å². The molecule has 5 rings (SSSR count). The number of benzene rings is 1. The third-order valence-electron chi connectivity index (χ3n) is 7.46. The third kappa shape index (κ3) is 6.00. The summed E-state index contributed by atoms with van der Waals surface area (Å²) < 4.78 is 45.0. The highest BCUT2D eigenvalue weighted by molar-refractivity contribution is 5.62. The van der Waals surface area contributed by atoms with Crippen LogP contribution < -0.4 is 10.6 Å². The van der Waals surface area contributed by atoms with Gasteiger partial charge in [0.25, 0.3) is 0 Å². The second-order valence-electron chi connectivity index (χ2n) is 10.8. The Hall–Kier alpha value is -3.01. The van der Waals surface area contributed by atoms with Gasteiger partial charge in [-0.15, -0.1) is 0 Å². The Balaban J connectivity index is 1.34. The highest BCUT2D eigenvalue weighted by atomic mass is 19.1. The number of hydrogen-bond donors (Lipinski definition) is 2. The van der Waals surface area contributed by atoms with E-state index < -0.39 is 29.1 Å². The smallest absolute Gasteiger partial charge is 0.149 e. The number of aliphatic hydroxyl groups is 1. The molecule has 3 aromatic rings. The fourth-order valence-electron chi connectivity index (χ4n) is 5.73. The zero-order valence-corrected chi connectivity index (χ0v) is 21.6. The number of anilines is 1. The first-order valence-corrected chi connectivity index (χ1v) is 13.2. The van der Waals surface area contributed by atoms with Crippen LogP contribution in [-0.4, -0.2) is 58.3 Å². The number of nitrogens with zero attached hydrogens (tertiary/aromatic N) is 4. The van der Waals surface area contributed by atoms with E-state index >= 15 is 8.78 Å². The molecule has 0 bridgehead atoms. The Morgan fingerprint density at radius 2 is 1.82 bits per heavy atom. The fraction of sp³-hybridized carbons (Fsp3) is 0.448. The molecule has 202 valence electrons. The normalized spacial score (nSPS) is 22.3. The number of rotatable bonds is 7. The highest BCUT2D eigenvalue weighted by Gasteiger charge is 2.25. The average molecular weight is 526 g/mol. The van der Waals surface area contributed by atoms with Crippen molar-refractivity contribution in [3.05, 3.63) is 77.0 Å². The van der Waals surface area contributed by atoms with Crippen LogP contribution in [0, 0.1) is 23.4 Å². The molecule has 3 N–H and O–H groups in total. The molecule has 1 aromatic carbocycles. The van der Waals surface area contributed by atoms with Gasteiger partial charge in [0, 0.05) is 62.5 Å². The highest BCUT2D eigenvalue weighted by Crippen LogP contribution is 2.30. The third-order valence-corrected chi connectivity index (χ3v) is 7.46. The molecule has 9 heteroatoms. The lowest BCUT2D eigenvalue weighted by atomic mass is 9.95. The van der Waals surface area contributed by atoms with Crippen LogP contribution in [0.5, 0.6) is 0 Å². The molecule has 2 aromatic heterocycles. The summed E-state index contributed by atoms with van der Waals surface area (Å²) in [7, 11) is 0. The number of likely N-dealkylation sites (tertiary alicyclic amines) is 1. The maximum Gasteiger partial charge on any atom is 0.149 e. The van der Waals surface area contributed by atoms with Crippen molar-refractivity contribution in [2.45, 2.75) is 51.3 Å². The molecule has 0 unspecified atom stereocenters. The summed E-state index contributed by atoms with van der Waals surface area (Å²) in [5.74, 6) is -2.00. The number of piperidine rings is 1. The van der Waals surface area contributed by atoms with E-state index in [4.69, 9.17) is 5.73 Å². The molecule has 2 saturated heterocycles. The Bertz CT molecular complexity index is 1260. The van der Waals surface area contributed by atoms with E-state index in [0.717, 1.165) is 30.8 Å². The molecular formula is C29H34F3N5O. The number of hydrogen-bond acceptors (Lipinski definition) is 6. The first-order chi connectivity index (χ1) is 18.3. The molecule has 0 spiro atoms. The largest absolute Gasteiger partial charge is 0.392 e. The molecule has 2 aliphatic heterocycles. The van der Waals surface area contributed by atoms with Gasteiger partial charge < -0.3 is 15.7 Å². The van der Waals surface area contributed by atoms with Crippen molar-refractivity contribution >= 4 is 5.69 Å². The number of nitrogens with two attached hydrogens (primary N) is 1. The number of β-amino-alcohol motifs (C(OH)–C–C–N with tert-alkyl or cyclic N) is 1. The maximum absolute atomic E-state index is 15.1. The Morgan fingerprint density at radius 1 is 1.03 bits per heavy atom. The monoisotopic (exact) mass is 525 g/mol. The van der Waals surface area contributed by atoms with Crippen LogP contribution in [0.25, 0.3) is 11.3 Å². The van der Waals surface area contributed by atoms with E-state index in [-0.39, 0.29) is 11.7 Å². The van der Waals surface area contributed by atoms with Crippen LogP contribution in [0.1, 0.15) is 36.6 Å². The number of pyridine rings is 2. The second-order valence-corrected chi connectivity index (χ2v) is 10.8. The number of halogens is 3. The van der Waals surface area contributed by atoms with Crippen molar-refractivity contribution in [1.29, 1.82) is 0 Å². The average Bonchev–Trinajstić information content (AvgIpc) is 3.27. The SMILES string of the molecule is C[C@@H]1C[C@H](N)CN(c2ccncc2CCc2ccc(F)c(-c3c(F)cc(CN4CC[C@@H](O)C4)cc3F)n2)C1. The standard InChI is InChI=1S/C29H34F3N5O/c1-18-10-21(33)16-37(14-18)27-6-8-34-13-20(27)2-3-22-4-5-24(30)29(35-22)28-25(31)11-19(12-26(28)32)15-36-9-7-23(38)17-36/h4-6,8,11-13,18,21,23,38H,2-3,7,9-10,14-17,33H2,1H3/t18-,21+,23-/m1/s1. The molecule has 38 heavy (non-hydrogen) atoms. The van der Waals surface area contributed by atoms with E-state index in [1.54, 1.807) is 12.3 Å². The van der Waals surface area contributed by atoms with Crippen molar-refractivity contribution in [3.63, 3.8) is 0 Å². The van der Waals surface area contributed by atoms with Gasteiger partial charge in [-0.1, -0.05) is 6.92 Å². The Morgan fingerprint density at radius 3 is 2.53 bits per heavy atom. The predicted octanol–water partition coefficient (Wildman–Crippen LogP) is 4.09. The fourth-order valence-corrected chi connectivity index (χ4v) is 5.73. The molecular weight excluding hydrogens is 491 g/mol. The summed E-state index contributed by atoms with van der Waals surface area (Å²) in [5.41, 5.74) is 8.53. The van der Waals surface area contributed by atoms with Gasteiger partial charge in [0.05, 0.1) is 11.7 Å². The predicted molar refractivity (Wildman–Crippen MR) is 141 cm³/mol. The molecule has 0 saturated carbocycles. The lowest BCUT2D eigenvalue weighted by molar-refractivity contribution is 0.174. The zero-order valence-electron chi connectivity index (χ0n) is 21.6. The summed E-state index contributed by atoms with van der Waals surface area (Å²) in [6, 6.07) is 7.31. The van der Waals surface area contributed by atoms with Crippen molar-refractivity contribution in [1.82, 2.24) is 14.9 Å². The molecule has 2 fully saturated rings. The number of aryl methyl sites for hydroxylation is 2. The van der Waals surface area contributed by atoms with E-state index in [0.29, 0.717) is 56.1 Å². The molecule has 4 heterocycles. The molecule has 3 atom stereocenters.